The van der Waals surface area contributed by atoms with Gasteiger partial charge in [0, 0.05) is 6.04 Å². The number of benzene rings is 1. The number of hydrazine groups is 1. The molecule has 0 aromatic heterocycles. The molecule has 1 unspecified atom stereocenters. The van der Waals surface area contributed by atoms with Crippen molar-refractivity contribution in [2.24, 2.45) is 5.84 Å². The van der Waals surface area contributed by atoms with E-state index in [1.807, 2.05) is 12.1 Å². The maximum Gasteiger partial charge on any atom is 0.126 e. The van der Waals surface area contributed by atoms with Crippen LogP contribution in [0.25, 0.3) is 0 Å². The number of allylic oxidation sites excluding steroid dienone is 1. The van der Waals surface area contributed by atoms with Gasteiger partial charge in [0.1, 0.15) is 5.82 Å². The first-order valence-electron chi connectivity index (χ1n) is 6.52. The third kappa shape index (κ3) is 4.59. The van der Waals surface area contributed by atoms with Crippen molar-refractivity contribution >= 4 is 0 Å². The quantitative estimate of drug-likeness (QED) is 0.319. The minimum Gasteiger partial charge on any atom is -0.271 e. The Bertz CT molecular complexity index is 377. The molecule has 1 rings (SSSR count). The summed E-state index contributed by atoms with van der Waals surface area (Å²) in [6.45, 7) is 5.46. The van der Waals surface area contributed by atoms with E-state index in [-0.39, 0.29) is 11.9 Å². The molecule has 0 radical (unpaired) electrons. The lowest BCUT2D eigenvalue weighted by molar-refractivity contribution is 0.480. The second kappa shape index (κ2) is 8.01. The van der Waals surface area contributed by atoms with Crippen LogP contribution in [0.1, 0.15) is 49.3 Å². The molecule has 2 nitrogen and oxygen atoms in total. The predicted octanol–water partition coefficient (Wildman–Crippen LogP) is 3.78. The summed E-state index contributed by atoms with van der Waals surface area (Å²) in [6.07, 6.45) is 7.31. The number of hydrogen-bond donors (Lipinski definition) is 2. The average molecular weight is 250 g/mol. The van der Waals surface area contributed by atoms with Crippen molar-refractivity contribution in [2.45, 2.75) is 45.1 Å². The van der Waals surface area contributed by atoms with Crippen LogP contribution >= 0.6 is 0 Å². The second-order valence-electron chi connectivity index (χ2n) is 4.65. The highest BCUT2D eigenvalue weighted by Gasteiger charge is 2.10. The van der Waals surface area contributed by atoms with E-state index in [0.717, 1.165) is 37.7 Å². The van der Waals surface area contributed by atoms with Crippen molar-refractivity contribution in [3.8, 4) is 0 Å². The molecule has 0 saturated carbocycles. The lowest BCUT2D eigenvalue weighted by Gasteiger charge is -2.16. The molecule has 0 aliphatic carbocycles. The molecule has 0 amide bonds. The van der Waals surface area contributed by atoms with Gasteiger partial charge in [-0.15, -0.1) is 6.58 Å². The predicted molar refractivity (Wildman–Crippen MR) is 74.5 cm³/mol. The first kappa shape index (κ1) is 14.9. The summed E-state index contributed by atoms with van der Waals surface area (Å²) in [5.41, 5.74) is 4.36. The van der Waals surface area contributed by atoms with Crippen molar-refractivity contribution in [2.75, 3.05) is 0 Å². The highest BCUT2D eigenvalue weighted by molar-refractivity contribution is 5.25. The standard InChI is InChI=1S/C15H23FN2/c1-3-4-5-6-7-8-15(18-17)13-10-9-12(2)14(16)11-13/h3,9-11,15,18H,1,4-8,17H2,2H3. The Hall–Kier alpha value is -1.19. The lowest BCUT2D eigenvalue weighted by Crippen LogP contribution is -2.28. The van der Waals surface area contributed by atoms with Crippen LogP contribution in [0.3, 0.4) is 0 Å². The maximum atomic E-state index is 13.5. The molecule has 100 valence electrons. The van der Waals surface area contributed by atoms with Gasteiger partial charge < -0.3 is 0 Å². The molecule has 0 spiro atoms. The lowest BCUT2D eigenvalue weighted by atomic mass is 9.99. The summed E-state index contributed by atoms with van der Waals surface area (Å²) in [4.78, 5) is 0. The van der Waals surface area contributed by atoms with Crippen LogP contribution in [0.5, 0.6) is 0 Å². The summed E-state index contributed by atoms with van der Waals surface area (Å²) in [5.74, 6) is 5.38. The highest BCUT2D eigenvalue weighted by atomic mass is 19.1. The fraction of sp³-hybridized carbons (Fsp3) is 0.467. The largest absolute Gasteiger partial charge is 0.271 e. The molecule has 3 N–H and O–H groups in total. The first-order chi connectivity index (χ1) is 8.69. The normalized spacial score (nSPS) is 12.4. The van der Waals surface area contributed by atoms with Gasteiger partial charge in [0.25, 0.3) is 0 Å². The number of hydrogen-bond acceptors (Lipinski definition) is 2. The van der Waals surface area contributed by atoms with Crippen LogP contribution < -0.4 is 11.3 Å². The monoisotopic (exact) mass is 250 g/mol. The van der Waals surface area contributed by atoms with Gasteiger partial charge in [-0.05, 0) is 43.4 Å². The molecule has 1 atom stereocenters. The minimum absolute atomic E-state index is 0.0313. The number of aryl methyl sites for hydroxylation is 1. The Morgan fingerprint density at radius 1 is 1.39 bits per heavy atom. The summed E-state index contributed by atoms with van der Waals surface area (Å²) in [6, 6.07) is 5.34. The van der Waals surface area contributed by atoms with Crippen LogP contribution in [0, 0.1) is 12.7 Å². The van der Waals surface area contributed by atoms with Crippen LogP contribution in [0.15, 0.2) is 30.9 Å². The van der Waals surface area contributed by atoms with Crippen molar-refractivity contribution in [1.29, 1.82) is 0 Å². The van der Waals surface area contributed by atoms with E-state index in [1.165, 1.54) is 0 Å². The number of nitrogens with two attached hydrogens (primary N) is 1. The smallest absolute Gasteiger partial charge is 0.126 e. The van der Waals surface area contributed by atoms with E-state index in [9.17, 15) is 4.39 Å². The molecule has 18 heavy (non-hydrogen) atoms. The Morgan fingerprint density at radius 3 is 2.78 bits per heavy atom. The van der Waals surface area contributed by atoms with Gasteiger partial charge in [-0.25, -0.2) is 4.39 Å². The van der Waals surface area contributed by atoms with E-state index in [0.29, 0.717) is 5.56 Å². The molecule has 0 saturated heterocycles. The van der Waals surface area contributed by atoms with Gasteiger partial charge >= 0.3 is 0 Å². The number of rotatable bonds is 8. The van der Waals surface area contributed by atoms with E-state index >= 15 is 0 Å². The van der Waals surface area contributed by atoms with Crippen LogP contribution in [0.4, 0.5) is 4.39 Å². The van der Waals surface area contributed by atoms with E-state index < -0.39 is 0 Å². The molecule has 3 heteroatoms. The zero-order valence-corrected chi connectivity index (χ0v) is 11.1. The average Bonchev–Trinajstić information content (AvgIpc) is 2.37. The topological polar surface area (TPSA) is 38.0 Å². The second-order valence-corrected chi connectivity index (χ2v) is 4.65. The van der Waals surface area contributed by atoms with Crippen molar-refractivity contribution in [3.05, 3.63) is 47.8 Å². The van der Waals surface area contributed by atoms with E-state index in [4.69, 9.17) is 5.84 Å². The van der Waals surface area contributed by atoms with E-state index in [1.54, 1.807) is 19.1 Å². The minimum atomic E-state index is -0.167. The maximum absolute atomic E-state index is 13.5. The molecule has 1 aromatic carbocycles. The molecule has 0 bridgehead atoms. The first-order valence-corrected chi connectivity index (χ1v) is 6.52. The van der Waals surface area contributed by atoms with E-state index in [2.05, 4.69) is 12.0 Å². The van der Waals surface area contributed by atoms with Crippen LogP contribution in [0.2, 0.25) is 0 Å². The summed E-state index contributed by atoms with van der Waals surface area (Å²) in [5, 5.41) is 0. The molecule has 1 aromatic rings. The van der Waals surface area contributed by atoms with Crippen LogP contribution in [-0.2, 0) is 0 Å². The van der Waals surface area contributed by atoms with Gasteiger partial charge in [-0.1, -0.05) is 31.1 Å². The van der Waals surface area contributed by atoms with Gasteiger partial charge in [0.05, 0.1) is 0 Å². The summed E-state index contributed by atoms with van der Waals surface area (Å²) < 4.78 is 13.5. The fourth-order valence-corrected chi connectivity index (χ4v) is 1.99. The van der Waals surface area contributed by atoms with Crippen molar-refractivity contribution in [3.63, 3.8) is 0 Å². The molecule has 0 fully saturated rings. The number of unbranched alkanes of at least 4 members (excludes halogenated alkanes) is 3. The summed E-state index contributed by atoms with van der Waals surface area (Å²) in [7, 11) is 0. The highest BCUT2D eigenvalue weighted by Crippen LogP contribution is 2.21. The fourth-order valence-electron chi connectivity index (χ4n) is 1.99. The van der Waals surface area contributed by atoms with Gasteiger partial charge in [0.15, 0.2) is 0 Å². The Kier molecular flexibility index (Phi) is 6.61. The van der Waals surface area contributed by atoms with Gasteiger partial charge in [0.2, 0.25) is 0 Å². The third-order valence-electron chi connectivity index (χ3n) is 3.20. The molecular formula is C15H23FN2. The third-order valence-corrected chi connectivity index (χ3v) is 3.20. The molecule has 0 aliphatic rings. The van der Waals surface area contributed by atoms with Crippen molar-refractivity contribution in [1.82, 2.24) is 5.43 Å². The van der Waals surface area contributed by atoms with Crippen LogP contribution in [-0.4, -0.2) is 0 Å². The molecule has 0 heterocycles. The number of nitrogens with one attached hydrogen (secondary N) is 1. The zero-order valence-electron chi connectivity index (χ0n) is 11.1. The zero-order chi connectivity index (χ0) is 13.4. The summed E-state index contributed by atoms with van der Waals surface area (Å²) >= 11 is 0. The van der Waals surface area contributed by atoms with Gasteiger partial charge in [-0.3, -0.25) is 11.3 Å². The Labute approximate surface area is 109 Å². The SMILES string of the molecule is C=CCCCCCC(NN)c1ccc(C)c(F)c1. The molecule has 0 aliphatic heterocycles. The van der Waals surface area contributed by atoms with Crippen molar-refractivity contribution < 1.29 is 4.39 Å². The Balaban J connectivity index is 2.49. The molecular weight excluding hydrogens is 227 g/mol. The number of halogens is 1. The van der Waals surface area contributed by atoms with Gasteiger partial charge in [-0.2, -0.15) is 0 Å². The Morgan fingerprint density at radius 2 is 2.17 bits per heavy atom.